The van der Waals surface area contributed by atoms with Crippen molar-refractivity contribution in [3.05, 3.63) is 68.3 Å². The molecule has 1 N–H and O–H groups in total. The maximum absolute atomic E-state index is 13.5. The van der Waals surface area contributed by atoms with E-state index in [0.29, 0.717) is 34.2 Å². The third kappa shape index (κ3) is 3.56. The Morgan fingerprint density at radius 3 is 2.76 bits per heavy atom. The van der Waals surface area contributed by atoms with Gasteiger partial charge in [-0.25, -0.2) is 4.79 Å². The molecule has 0 radical (unpaired) electrons. The van der Waals surface area contributed by atoms with Crippen LogP contribution in [0.4, 0.5) is 5.95 Å². The minimum atomic E-state index is -0.426. The number of halogens is 1. The number of aromatic nitrogens is 4. The van der Waals surface area contributed by atoms with Crippen molar-refractivity contribution >= 4 is 34.6 Å². The van der Waals surface area contributed by atoms with E-state index in [1.165, 1.54) is 15.2 Å². The maximum Gasteiger partial charge on any atom is 0.332 e. The van der Waals surface area contributed by atoms with Gasteiger partial charge in [0.05, 0.1) is 6.54 Å². The van der Waals surface area contributed by atoms with Gasteiger partial charge in [0.25, 0.3) is 5.56 Å². The van der Waals surface area contributed by atoms with Gasteiger partial charge < -0.3 is 14.8 Å². The Labute approximate surface area is 194 Å². The number of aryl methyl sites for hydroxylation is 2. The third-order valence-corrected chi connectivity index (χ3v) is 6.99. The summed E-state index contributed by atoms with van der Waals surface area (Å²) in [6, 6.07) is 7.52. The Hall–Kier alpha value is -3.33. The number of nitrogens with zero attached hydrogens (tertiary/aromatic N) is 5. The molecule has 2 aromatic heterocycles. The zero-order valence-corrected chi connectivity index (χ0v) is 19.1. The quantitative estimate of drug-likeness (QED) is 0.574. The van der Waals surface area contributed by atoms with Crippen molar-refractivity contribution in [3.8, 4) is 0 Å². The second-order valence-electron chi connectivity index (χ2n) is 8.64. The molecule has 10 heteroatoms. The Kier molecular flexibility index (Phi) is 5.36. The second kappa shape index (κ2) is 8.22. The van der Waals surface area contributed by atoms with Crippen molar-refractivity contribution in [2.45, 2.75) is 44.4 Å². The van der Waals surface area contributed by atoms with Gasteiger partial charge in [-0.3, -0.25) is 18.7 Å². The fourth-order valence-electron chi connectivity index (χ4n) is 4.79. The molecule has 1 saturated carbocycles. The van der Waals surface area contributed by atoms with Crippen LogP contribution >= 0.6 is 11.6 Å². The van der Waals surface area contributed by atoms with Crippen LogP contribution in [0.3, 0.4) is 0 Å². The minimum absolute atomic E-state index is 0.0959. The standard InChI is InChI=1S/C23H25ClN6O3/c1-3-18(31)25-15-11-16(12-15)28-9-6-10-29-19-20(26-22(28)29)27(2)23(33)30(21(19)32)13-14-7-4-5-8-17(14)24/h3-5,7-8,15-16H,1,6,9-13H2,2H3,(H,25,31). The van der Waals surface area contributed by atoms with Gasteiger partial charge in [-0.05, 0) is 37.0 Å². The normalized spacial score (nSPS) is 19.8. The average Bonchev–Trinajstić information content (AvgIpc) is 3.18. The number of hydrogen-bond donors (Lipinski definition) is 1. The lowest BCUT2D eigenvalue weighted by molar-refractivity contribution is -0.117. The highest BCUT2D eigenvalue weighted by Crippen LogP contribution is 2.33. The van der Waals surface area contributed by atoms with Gasteiger partial charge in [0, 0.05) is 37.2 Å². The van der Waals surface area contributed by atoms with Gasteiger partial charge in [-0.1, -0.05) is 36.4 Å². The van der Waals surface area contributed by atoms with Crippen molar-refractivity contribution in [1.82, 2.24) is 24.0 Å². The van der Waals surface area contributed by atoms with E-state index in [1.54, 1.807) is 13.1 Å². The molecule has 3 aromatic rings. The lowest BCUT2D eigenvalue weighted by atomic mass is 9.85. The van der Waals surface area contributed by atoms with Gasteiger partial charge >= 0.3 is 5.69 Å². The van der Waals surface area contributed by atoms with E-state index in [4.69, 9.17) is 16.6 Å². The first-order valence-corrected chi connectivity index (χ1v) is 11.4. The van der Waals surface area contributed by atoms with E-state index >= 15 is 0 Å². The zero-order chi connectivity index (χ0) is 23.3. The number of hydrogen-bond acceptors (Lipinski definition) is 5. The number of anilines is 1. The van der Waals surface area contributed by atoms with Crippen LogP contribution in [0.15, 0.2) is 46.5 Å². The molecule has 5 rings (SSSR count). The van der Waals surface area contributed by atoms with Gasteiger partial charge in [0.15, 0.2) is 11.2 Å². The van der Waals surface area contributed by atoms with Crippen LogP contribution in [-0.2, 0) is 24.9 Å². The van der Waals surface area contributed by atoms with E-state index in [1.807, 2.05) is 22.8 Å². The molecule has 33 heavy (non-hydrogen) atoms. The number of fused-ring (bicyclic) bond motifs is 3. The summed E-state index contributed by atoms with van der Waals surface area (Å²) in [5.41, 5.74) is 0.737. The van der Waals surface area contributed by atoms with Crippen LogP contribution in [0.2, 0.25) is 5.02 Å². The maximum atomic E-state index is 13.5. The fraction of sp³-hybridized carbons (Fsp3) is 0.391. The van der Waals surface area contributed by atoms with E-state index in [-0.39, 0.29) is 30.1 Å². The highest BCUT2D eigenvalue weighted by Gasteiger charge is 2.38. The van der Waals surface area contributed by atoms with Crippen LogP contribution in [0.1, 0.15) is 24.8 Å². The SMILES string of the molecule is C=CC(=O)NC1CC(N2CCCn3c2nc2c3c(=O)n(Cc3ccccc3Cl)c(=O)n2C)C1. The van der Waals surface area contributed by atoms with Crippen molar-refractivity contribution in [2.24, 2.45) is 7.05 Å². The molecular formula is C23H25ClN6O3. The lowest BCUT2D eigenvalue weighted by Crippen LogP contribution is -2.55. The summed E-state index contributed by atoms with van der Waals surface area (Å²) in [7, 11) is 1.64. The molecule has 1 aliphatic carbocycles. The monoisotopic (exact) mass is 468 g/mol. The smallest absolute Gasteiger partial charge is 0.332 e. The van der Waals surface area contributed by atoms with E-state index in [9.17, 15) is 14.4 Å². The number of carbonyl (C=O) groups is 1. The summed E-state index contributed by atoms with van der Waals surface area (Å²) in [6.45, 7) is 5.07. The Bertz CT molecular complexity index is 1380. The fourth-order valence-corrected chi connectivity index (χ4v) is 4.99. The molecule has 0 unspecified atom stereocenters. The molecule has 1 aromatic carbocycles. The van der Waals surface area contributed by atoms with Gasteiger partial charge in [-0.15, -0.1) is 0 Å². The van der Waals surface area contributed by atoms with Gasteiger partial charge in [0.2, 0.25) is 11.9 Å². The molecule has 0 atom stereocenters. The number of nitrogens with one attached hydrogen (secondary N) is 1. The van der Waals surface area contributed by atoms with Crippen LogP contribution in [0.5, 0.6) is 0 Å². The van der Waals surface area contributed by atoms with Crippen molar-refractivity contribution < 1.29 is 4.79 Å². The van der Waals surface area contributed by atoms with Crippen molar-refractivity contribution in [3.63, 3.8) is 0 Å². The minimum Gasteiger partial charge on any atom is -0.350 e. The van der Waals surface area contributed by atoms with Crippen LogP contribution < -0.4 is 21.5 Å². The predicted octanol–water partition coefficient (Wildman–Crippen LogP) is 1.64. The first-order chi connectivity index (χ1) is 15.9. The van der Waals surface area contributed by atoms with Gasteiger partial charge in [-0.2, -0.15) is 4.98 Å². The molecule has 9 nitrogen and oxygen atoms in total. The van der Waals surface area contributed by atoms with Gasteiger partial charge in [0.1, 0.15) is 0 Å². The Balaban J connectivity index is 1.53. The molecule has 1 aliphatic heterocycles. The number of carbonyl (C=O) groups excluding carboxylic acids is 1. The molecule has 0 saturated heterocycles. The second-order valence-corrected chi connectivity index (χ2v) is 9.05. The van der Waals surface area contributed by atoms with Crippen LogP contribution in [0, 0.1) is 0 Å². The molecule has 0 spiro atoms. The third-order valence-electron chi connectivity index (χ3n) is 6.62. The summed E-state index contributed by atoms with van der Waals surface area (Å²) >= 11 is 6.28. The molecule has 172 valence electrons. The molecule has 1 amide bonds. The topological polar surface area (TPSA) is 94.2 Å². The summed E-state index contributed by atoms with van der Waals surface area (Å²) < 4.78 is 4.59. The first kappa shape index (κ1) is 21.5. The average molecular weight is 469 g/mol. The van der Waals surface area contributed by atoms with Crippen LogP contribution in [0.25, 0.3) is 11.2 Å². The highest BCUT2D eigenvalue weighted by molar-refractivity contribution is 6.31. The lowest BCUT2D eigenvalue weighted by Gasteiger charge is -2.45. The van der Waals surface area contributed by atoms with E-state index in [2.05, 4.69) is 16.8 Å². The van der Waals surface area contributed by atoms with E-state index in [0.717, 1.165) is 25.8 Å². The summed E-state index contributed by atoms with van der Waals surface area (Å²) in [6.07, 6.45) is 3.75. The Morgan fingerprint density at radius 2 is 2.03 bits per heavy atom. The van der Waals surface area contributed by atoms with Crippen molar-refractivity contribution in [1.29, 1.82) is 0 Å². The molecule has 0 bridgehead atoms. The van der Waals surface area contributed by atoms with Crippen LogP contribution in [-0.4, -0.2) is 43.2 Å². The Morgan fingerprint density at radius 1 is 1.27 bits per heavy atom. The molecular weight excluding hydrogens is 444 g/mol. The number of benzene rings is 1. The highest BCUT2D eigenvalue weighted by atomic mass is 35.5. The summed E-state index contributed by atoms with van der Waals surface area (Å²) in [5, 5.41) is 3.44. The largest absolute Gasteiger partial charge is 0.350 e. The molecule has 3 heterocycles. The van der Waals surface area contributed by atoms with E-state index < -0.39 is 5.69 Å². The number of imidazole rings is 1. The van der Waals surface area contributed by atoms with Crippen molar-refractivity contribution in [2.75, 3.05) is 11.4 Å². The summed E-state index contributed by atoms with van der Waals surface area (Å²) in [5.74, 6) is 0.538. The number of amides is 1. The predicted molar refractivity (Wildman–Crippen MR) is 127 cm³/mol. The zero-order valence-electron chi connectivity index (χ0n) is 18.3. The summed E-state index contributed by atoms with van der Waals surface area (Å²) in [4.78, 5) is 45.0. The first-order valence-electron chi connectivity index (χ1n) is 11.0. The molecule has 1 fully saturated rings. The molecule has 2 aliphatic rings. The number of rotatable bonds is 5.